The SMILES string of the molecule is CCN(CC)CCCN(CC)c1ncc(Br)cc1F. The Morgan fingerprint density at radius 1 is 1.16 bits per heavy atom. The van der Waals surface area contributed by atoms with Crippen molar-refractivity contribution < 1.29 is 4.39 Å². The van der Waals surface area contributed by atoms with Gasteiger partial charge in [0, 0.05) is 23.8 Å². The Hall–Kier alpha value is -0.680. The summed E-state index contributed by atoms with van der Waals surface area (Å²) in [6, 6.07) is 1.47. The molecule has 0 atom stereocenters. The first-order chi connectivity index (χ1) is 9.12. The summed E-state index contributed by atoms with van der Waals surface area (Å²) in [7, 11) is 0. The zero-order valence-electron chi connectivity index (χ0n) is 12.0. The predicted molar refractivity (Wildman–Crippen MR) is 82.2 cm³/mol. The highest BCUT2D eigenvalue weighted by Gasteiger charge is 2.12. The van der Waals surface area contributed by atoms with Crippen LogP contribution in [0.1, 0.15) is 27.2 Å². The van der Waals surface area contributed by atoms with E-state index < -0.39 is 0 Å². The maximum absolute atomic E-state index is 13.9. The normalized spacial score (nSPS) is 11.1. The van der Waals surface area contributed by atoms with Crippen molar-refractivity contribution in [2.24, 2.45) is 0 Å². The number of anilines is 1. The molecule has 0 aromatic carbocycles. The van der Waals surface area contributed by atoms with Crippen LogP contribution in [-0.2, 0) is 0 Å². The van der Waals surface area contributed by atoms with E-state index in [-0.39, 0.29) is 5.82 Å². The van der Waals surface area contributed by atoms with Crippen LogP contribution in [0, 0.1) is 5.82 Å². The van der Waals surface area contributed by atoms with Gasteiger partial charge in [-0.2, -0.15) is 0 Å². The molecule has 0 radical (unpaired) electrons. The van der Waals surface area contributed by atoms with Gasteiger partial charge < -0.3 is 9.80 Å². The van der Waals surface area contributed by atoms with E-state index in [9.17, 15) is 4.39 Å². The minimum atomic E-state index is -0.265. The second kappa shape index (κ2) is 8.48. The third-order valence-corrected chi connectivity index (χ3v) is 3.70. The molecule has 3 nitrogen and oxygen atoms in total. The maximum Gasteiger partial charge on any atom is 0.166 e. The minimum Gasteiger partial charge on any atom is -0.354 e. The summed E-state index contributed by atoms with van der Waals surface area (Å²) in [5.74, 6) is 0.185. The van der Waals surface area contributed by atoms with Gasteiger partial charge in [-0.3, -0.25) is 0 Å². The molecule has 1 aromatic rings. The van der Waals surface area contributed by atoms with E-state index in [1.54, 1.807) is 6.20 Å². The van der Waals surface area contributed by atoms with Crippen LogP contribution in [0.4, 0.5) is 10.2 Å². The highest BCUT2D eigenvalue weighted by molar-refractivity contribution is 9.10. The zero-order valence-corrected chi connectivity index (χ0v) is 13.6. The summed E-state index contributed by atoms with van der Waals surface area (Å²) < 4.78 is 14.5. The molecule has 0 fully saturated rings. The van der Waals surface area contributed by atoms with E-state index in [1.165, 1.54) is 6.07 Å². The smallest absolute Gasteiger partial charge is 0.166 e. The fraction of sp³-hybridized carbons (Fsp3) is 0.643. The standard InChI is InChI=1S/C14H23BrFN3/c1-4-18(5-2)8-7-9-19(6-3)14-13(16)10-12(15)11-17-14/h10-11H,4-9H2,1-3H3. The molecule has 0 saturated heterocycles. The number of hydrogen-bond donors (Lipinski definition) is 0. The molecule has 0 unspecified atom stereocenters. The first kappa shape index (κ1) is 16.4. The topological polar surface area (TPSA) is 19.4 Å². The number of hydrogen-bond acceptors (Lipinski definition) is 3. The average Bonchev–Trinajstić information content (AvgIpc) is 2.40. The Labute approximate surface area is 123 Å². The van der Waals surface area contributed by atoms with Crippen LogP contribution in [0.2, 0.25) is 0 Å². The number of pyridine rings is 1. The molecule has 1 rings (SSSR count). The molecule has 0 aliphatic heterocycles. The first-order valence-electron chi connectivity index (χ1n) is 6.90. The van der Waals surface area contributed by atoms with Gasteiger partial charge in [-0.1, -0.05) is 13.8 Å². The van der Waals surface area contributed by atoms with Crippen LogP contribution in [0.25, 0.3) is 0 Å². The molecule has 5 heteroatoms. The van der Waals surface area contributed by atoms with Crippen LogP contribution in [0.15, 0.2) is 16.7 Å². The molecule has 108 valence electrons. The Balaban J connectivity index is 2.58. The highest BCUT2D eigenvalue weighted by Crippen LogP contribution is 2.20. The molecule has 19 heavy (non-hydrogen) atoms. The van der Waals surface area contributed by atoms with Crippen molar-refractivity contribution in [3.63, 3.8) is 0 Å². The van der Waals surface area contributed by atoms with Crippen LogP contribution >= 0.6 is 15.9 Å². The van der Waals surface area contributed by atoms with Gasteiger partial charge in [0.25, 0.3) is 0 Å². The lowest BCUT2D eigenvalue weighted by molar-refractivity contribution is 0.300. The number of nitrogens with zero attached hydrogens (tertiary/aromatic N) is 3. The molecule has 0 spiro atoms. The first-order valence-corrected chi connectivity index (χ1v) is 7.69. The van der Waals surface area contributed by atoms with Crippen LogP contribution in [0.3, 0.4) is 0 Å². The lowest BCUT2D eigenvalue weighted by Crippen LogP contribution is -2.30. The molecule has 0 amide bonds. The lowest BCUT2D eigenvalue weighted by Gasteiger charge is -2.24. The van der Waals surface area contributed by atoms with Gasteiger partial charge in [0.05, 0.1) is 0 Å². The minimum absolute atomic E-state index is 0.265. The third kappa shape index (κ3) is 5.07. The van der Waals surface area contributed by atoms with E-state index in [4.69, 9.17) is 0 Å². The largest absolute Gasteiger partial charge is 0.354 e. The van der Waals surface area contributed by atoms with Crippen molar-refractivity contribution in [2.45, 2.75) is 27.2 Å². The van der Waals surface area contributed by atoms with Crippen molar-refractivity contribution in [1.82, 2.24) is 9.88 Å². The Kier molecular flexibility index (Phi) is 7.31. The molecule has 0 N–H and O–H groups in total. The van der Waals surface area contributed by atoms with E-state index in [1.807, 2.05) is 11.8 Å². The van der Waals surface area contributed by atoms with Gasteiger partial charge in [-0.25, -0.2) is 9.37 Å². The van der Waals surface area contributed by atoms with E-state index in [0.717, 1.165) is 39.1 Å². The van der Waals surface area contributed by atoms with Crippen molar-refractivity contribution >= 4 is 21.7 Å². The molecule has 0 saturated carbocycles. The summed E-state index contributed by atoms with van der Waals surface area (Å²) in [4.78, 5) is 8.54. The quantitative estimate of drug-likeness (QED) is 0.726. The van der Waals surface area contributed by atoms with Crippen molar-refractivity contribution in [2.75, 3.05) is 37.6 Å². The summed E-state index contributed by atoms with van der Waals surface area (Å²) in [5, 5.41) is 0. The predicted octanol–water partition coefficient (Wildman–Crippen LogP) is 3.54. The summed E-state index contributed by atoms with van der Waals surface area (Å²) in [6.45, 7) is 11.1. The molecule has 0 aliphatic carbocycles. The van der Waals surface area contributed by atoms with E-state index in [2.05, 4.69) is 39.7 Å². The third-order valence-electron chi connectivity index (χ3n) is 3.27. The van der Waals surface area contributed by atoms with Gasteiger partial charge in [0.1, 0.15) is 0 Å². The van der Waals surface area contributed by atoms with Crippen LogP contribution in [0.5, 0.6) is 0 Å². The molecule has 1 aromatic heterocycles. The summed E-state index contributed by atoms with van der Waals surface area (Å²) in [5.41, 5.74) is 0. The molecule has 0 aliphatic rings. The number of rotatable bonds is 8. The van der Waals surface area contributed by atoms with E-state index in [0.29, 0.717) is 10.3 Å². The number of halogens is 2. The monoisotopic (exact) mass is 331 g/mol. The molecule has 0 bridgehead atoms. The van der Waals surface area contributed by atoms with Crippen molar-refractivity contribution in [1.29, 1.82) is 0 Å². The highest BCUT2D eigenvalue weighted by atomic mass is 79.9. The van der Waals surface area contributed by atoms with Crippen LogP contribution < -0.4 is 4.90 Å². The van der Waals surface area contributed by atoms with Gasteiger partial charge in [-0.15, -0.1) is 0 Å². The van der Waals surface area contributed by atoms with Crippen molar-refractivity contribution in [3.05, 3.63) is 22.6 Å². The zero-order chi connectivity index (χ0) is 14.3. The fourth-order valence-electron chi connectivity index (χ4n) is 2.08. The second-order valence-corrected chi connectivity index (χ2v) is 5.33. The average molecular weight is 332 g/mol. The maximum atomic E-state index is 13.9. The Morgan fingerprint density at radius 2 is 1.84 bits per heavy atom. The lowest BCUT2D eigenvalue weighted by atomic mass is 10.3. The van der Waals surface area contributed by atoms with Crippen LogP contribution in [-0.4, -0.2) is 42.6 Å². The summed E-state index contributed by atoms with van der Waals surface area (Å²) >= 11 is 3.23. The van der Waals surface area contributed by atoms with Gasteiger partial charge in [-0.05, 0) is 55.0 Å². The fourth-order valence-corrected chi connectivity index (χ4v) is 2.38. The van der Waals surface area contributed by atoms with Crippen molar-refractivity contribution in [3.8, 4) is 0 Å². The Morgan fingerprint density at radius 3 is 2.37 bits per heavy atom. The van der Waals surface area contributed by atoms with Gasteiger partial charge >= 0.3 is 0 Å². The summed E-state index contributed by atoms with van der Waals surface area (Å²) in [6.07, 6.45) is 2.66. The van der Waals surface area contributed by atoms with Gasteiger partial charge in [0.15, 0.2) is 11.6 Å². The molecular weight excluding hydrogens is 309 g/mol. The van der Waals surface area contributed by atoms with Gasteiger partial charge in [0.2, 0.25) is 0 Å². The van der Waals surface area contributed by atoms with E-state index >= 15 is 0 Å². The molecule has 1 heterocycles. The second-order valence-electron chi connectivity index (χ2n) is 4.42. The number of aromatic nitrogens is 1. The Bertz CT molecular complexity index is 383. The molecular formula is C14H23BrFN3.